The van der Waals surface area contributed by atoms with E-state index in [-0.39, 0.29) is 23.7 Å². The summed E-state index contributed by atoms with van der Waals surface area (Å²) in [6, 6.07) is 10.5. The van der Waals surface area contributed by atoms with Crippen molar-refractivity contribution >= 4 is 5.78 Å². The molecule has 0 N–H and O–H groups in total. The van der Waals surface area contributed by atoms with Crippen LogP contribution < -0.4 is 4.74 Å². The van der Waals surface area contributed by atoms with Gasteiger partial charge in [-0.25, -0.2) is 8.78 Å². The minimum atomic E-state index is -0.731. The fraction of sp³-hybridized carbons (Fsp3) is 0.235. The van der Waals surface area contributed by atoms with Crippen LogP contribution in [0.1, 0.15) is 34.7 Å². The van der Waals surface area contributed by atoms with Gasteiger partial charge >= 0.3 is 0 Å². The van der Waals surface area contributed by atoms with Crippen LogP contribution in [0, 0.1) is 11.6 Å². The van der Waals surface area contributed by atoms with Crippen LogP contribution in [0.2, 0.25) is 0 Å². The lowest BCUT2D eigenvalue weighted by Crippen LogP contribution is -2.17. The molecule has 0 aromatic heterocycles. The molecule has 21 heavy (non-hydrogen) atoms. The van der Waals surface area contributed by atoms with E-state index in [2.05, 4.69) is 0 Å². The van der Waals surface area contributed by atoms with E-state index in [0.717, 1.165) is 35.9 Å². The Hall–Kier alpha value is -2.23. The van der Waals surface area contributed by atoms with Crippen LogP contribution in [-0.2, 0) is 0 Å². The van der Waals surface area contributed by atoms with Gasteiger partial charge in [0.25, 0.3) is 0 Å². The summed E-state index contributed by atoms with van der Waals surface area (Å²) in [6.07, 6.45) is 0.948. The Labute approximate surface area is 121 Å². The first kappa shape index (κ1) is 13.7. The lowest BCUT2D eigenvalue weighted by molar-refractivity contribution is 0.0965. The van der Waals surface area contributed by atoms with Crippen LogP contribution in [0.3, 0.4) is 0 Å². The topological polar surface area (TPSA) is 26.3 Å². The van der Waals surface area contributed by atoms with Gasteiger partial charge in [-0.2, -0.15) is 0 Å². The fourth-order valence-corrected chi connectivity index (χ4v) is 2.68. The van der Waals surface area contributed by atoms with Gasteiger partial charge in [-0.3, -0.25) is 4.79 Å². The van der Waals surface area contributed by atoms with E-state index in [1.807, 2.05) is 24.3 Å². The third-order valence-corrected chi connectivity index (χ3v) is 3.70. The third kappa shape index (κ3) is 2.94. The quantitative estimate of drug-likeness (QED) is 0.795. The number of para-hydroxylation sites is 1. The number of ketones is 1. The van der Waals surface area contributed by atoms with Crippen LogP contribution >= 0.6 is 0 Å². The Morgan fingerprint density at radius 3 is 2.62 bits per heavy atom. The van der Waals surface area contributed by atoms with Gasteiger partial charge in [0.1, 0.15) is 17.4 Å². The number of carbonyl (C=O) groups excluding carboxylic acids is 1. The van der Waals surface area contributed by atoms with Gasteiger partial charge in [0.15, 0.2) is 5.78 Å². The van der Waals surface area contributed by atoms with Crippen molar-refractivity contribution < 1.29 is 18.3 Å². The summed E-state index contributed by atoms with van der Waals surface area (Å²) in [5, 5.41) is 0. The number of halogens is 2. The van der Waals surface area contributed by atoms with Crippen molar-refractivity contribution in [2.75, 3.05) is 6.61 Å². The lowest BCUT2D eigenvalue weighted by atomic mass is 9.87. The number of ether oxygens (including phenoxy) is 1. The second kappa shape index (κ2) is 5.64. The van der Waals surface area contributed by atoms with Crippen molar-refractivity contribution in [1.29, 1.82) is 0 Å². The highest BCUT2D eigenvalue weighted by atomic mass is 19.1. The Bertz CT molecular complexity index is 662. The number of Topliss-reactive ketones (excluding diaryl/α,β-unsaturated/α-hetero) is 1. The largest absolute Gasteiger partial charge is 0.493 e. The minimum absolute atomic E-state index is 0.0220. The summed E-state index contributed by atoms with van der Waals surface area (Å²) < 4.78 is 31.9. The molecule has 2 aromatic rings. The molecule has 2 aromatic carbocycles. The van der Waals surface area contributed by atoms with E-state index in [1.54, 1.807) is 0 Å². The molecule has 0 aliphatic carbocycles. The van der Waals surface area contributed by atoms with E-state index in [9.17, 15) is 13.6 Å². The third-order valence-electron chi connectivity index (χ3n) is 3.70. The van der Waals surface area contributed by atoms with Crippen LogP contribution in [0.4, 0.5) is 8.78 Å². The van der Waals surface area contributed by atoms with E-state index >= 15 is 0 Å². The Morgan fingerprint density at radius 2 is 1.86 bits per heavy atom. The highest BCUT2D eigenvalue weighted by Gasteiger charge is 2.24. The Balaban J connectivity index is 1.82. The standard InChI is InChI=1S/C17H14F2O2/c18-13-7-12(8-14(19)10-13)16(20)9-11-5-6-21-17-4-2-1-3-15(11)17/h1-4,7-8,10-11H,5-6,9H2. The van der Waals surface area contributed by atoms with Crippen molar-refractivity contribution in [3.63, 3.8) is 0 Å². The van der Waals surface area contributed by atoms with E-state index in [4.69, 9.17) is 4.74 Å². The molecule has 4 heteroatoms. The van der Waals surface area contributed by atoms with Gasteiger partial charge in [0.2, 0.25) is 0 Å². The first-order valence-electron chi connectivity index (χ1n) is 6.84. The van der Waals surface area contributed by atoms with Crippen LogP contribution in [0.5, 0.6) is 5.75 Å². The predicted molar refractivity (Wildman–Crippen MR) is 74.6 cm³/mol. The Kier molecular flexibility index (Phi) is 3.69. The number of fused-ring (bicyclic) bond motifs is 1. The minimum Gasteiger partial charge on any atom is -0.493 e. The van der Waals surface area contributed by atoms with Gasteiger partial charge in [-0.05, 0) is 36.1 Å². The van der Waals surface area contributed by atoms with E-state index in [1.165, 1.54) is 0 Å². The number of rotatable bonds is 3. The van der Waals surface area contributed by atoms with Crippen LogP contribution in [-0.4, -0.2) is 12.4 Å². The number of hydrogen-bond donors (Lipinski definition) is 0. The van der Waals surface area contributed by atoms with E-state index in [0.29, 0.717) is 6.61 Å². The average Bonchev–Trinajstić information content (AvgIpc) is 2.46. The van der Waals surface area contributed by atoms with Crippen molar-refractivity contribution in [3.8, 4) is 5.75 Å². The number of carbonyl (C=O) groups is 1. The molecule has 0 spiro atoms. The maximum atomic E-state index is 13.2. The number of benzene rings is 2. The van der Waals surface area contributed by atoms with Gasteiger partial charge in [-0.1, -0.05) is 18.2 Å². The molecule has 0 bridgehead atoms. The summed E-state index contributed by atoms with van der Waals surface area (Å²) in [5.41, 5.74) is 1.06. The first-order chi connectivity index (χ1) is 10.1. The molecule has 1 aliphatic heterocycles. The monoisotopic (exact) mass is 288 g/mol. The molecule has 1 unspecified atom stereocenters. The Morgan fingerprint density at radius 1 is 1.14 bits per heavy atom. The summed E-state index contributed by atoms with van der Waals surface area (Å²) in [4.78, 5) is 12.3. The van der Waals surface area contributed by atoms with Crippen molar-refractivity contribution in [2.45, 2.75) is 18.8 Å². The molecular weight excluding hydrogens is 274 g/mol. The highest BCUT2D eigenvalue weighted by molar-refractivity contribution is 5.96. The SMILES string of the molecule is O=C(CC1CCOc2ccccc21)c1cc(F)cc(F)c1. The first-order valence-corrected chi connectivity index (χ1v) is 6.84. The summed E-state index contributed by atoms with van der Waals surface area (Å²) in [5.74, 6) is -0.910. The van der Waals surface area contributed by atoms with Gasteiger partial charge < -0.3 is 4.74 Å². The molecule has 108 valence electrons. The predicted octanol–water partition coefficient (Wildman–Crippen LogP) is 4.10. The van der Waals surface area contributed by atoms with E-state index < -0.39 is 11.6 Å². The molecule has 2 nitrogen and oxygen atoms in total. The second-order valence-corrected chi connectivity index (χ2v) is 5.16. The number of hydrogen-bond acceptors (Lipinski definition) is 2. The molecule has 3 rings (SSSR count). The zero-order chi connectivity index (χ0) is 14.8. The average molecular weight is 288 g/mol. The van der Waals surface area contributed by atoms with Crippen molar-refractivity contribution in [2.24, 2.45) is 0 Å². The molecule has 0 radical (unpaired) electrons. The summed E-state index contributed by atoms with van der Waals surface area (Å²) >= 11 is 0. The molecule has 1 heterocycles. The fourth-order valence-electron chi connectivity index (χ4n) is 2.68. The molecule has 0 saturated heterocycles. The lowest BCUT2D eigenvalue weighted by Gasteiger charge is -2.25. The molecule has 0 amide bonds. The second-order valence-electron chi connectivity index (χ2n) is 5.16. The van der Waals surface area contributed by atoms with Gasteiger partial charge in [-0.15, -0.1) is 0 Å². The molecule has 0 fully saturated rings. The maximum absolute atomic E-state index is 13.2. The zero-order valence-corrected chi connectivity index (χ0v) is 11.3. The molecule has 0 saturated carbocycles. The molecule has 1 atom stereocenters. The maximum Gasteiger partial charge on any atom is 0.163 e. The summed E-state index contributed by atoms with van der Waals surface area (Å²) in [7, 11) is 0. The smallest absolute Gasteiger partial charge is 0.163 e. The molecular formula is C17H14F2O2. The van der Waals surface area contributed by atoms with Crippen molar-refractivity contribution in [3.05, 3.63) is 65.2 Å². The van der Waals surface area contributed by atoms with Crippen molar-refractivity contribution in [1.82, 2.24) is 0 Å². The normalized spacial score (nSPS) is 17.0. The summed E-state index contributed by atoms with van der Waals surface area (Å²) in [6.45, 7) is 0.548. The highest BCUT2D eigenvalue weighted by Crippen LogP contribution is 2.36. The van der Waals surface area contributed by atoms with Crippen LogP contribution in [0.15, 0.2) is 42.5 Å². The van der Waals surface area contributed by atoms with Gasteiger partial charge in [0.05, 0.1) is 6.61 Å². The zero-order valence-electron chi connectivity index (χ0n) is 11.3. The van der Waals surface area contributed by atoms with Crippen LogP contribution in [0.25, 0.3) is 0 Å². The van der Waals surface area contributed by atoms with Gasteiger partial charge in [0, 0.05) is 18.1 Å². The molecule has 1 aliphatic rings.